The molecule has 1 aliphatic heterocycles. The molecule has 23 heavy (non-hydrogen) atoms. The molecule has 3 unspecified atom stereocenters. The van der Waals surface area contributed by atoms with E-state index in [0.29, 0.717) is 18.4 Å². The summed E-state index contributed by atoms with van der Waals surface area (Å²) in [5.41, 5.74) is 2.30. The fraction of sp³-hybridized carbons (Fsp3) is 0.579. The first-order chi connectivity index (χ1) is 11.2. The third kappa shape index (κ3) is 3.87. The van der Waals surface area contributed by atoms with Crippen LogP contribution in [0.25, 0.3) is 0 Å². The number of methoxy groups -OCH3 is 1. The van der Waals surface area contributed by atoms with Crippen molar-refractivity contribution in [2.45, 2.75) is 48.3 Å². The standard InChI is InChI=1S/C19H22ClFOS/c1-22-9-3-2-6-16-15(7-8-17(16)20)14-11-13-5-4-10-23-19(13)18(21)12-14/h11-12,15-17H,4-10H2,1H3. The molecule has 0 saturated heterocycles. The van der Waals surface area contributed by atoms with E-state index in [1.165, 1.54) is 5.56 Å². The fourth-order valence-electron chi connectivity index (χ4n) is 3.69. The summed E-state index contributed by atoms with van der Waals surface area (Å²) in [5.74, 6) is 7.78. The summed E-state index contributed by atoms with van der Waals surface area (Å²) in [4.78, 5) is 0.858. The van der Waals surface area contributed by atoms with E-state index in [1.807, 2.05) is 0 Å². The third-order valence-corrected chi connectivity index (χ3v) is 6.60. The molecule has 0 N–H and O–H groups in total. The number of benzene rings is 1. The predicted molar refractivity (Wildman–Crippen MR) is 94.8 cm³/mol. The zero-order valence-electron chi connectivity index (χ0n) is 13.4. The Kier molecular flexibility index (Phi) is 5.91. The Balaban J connectivity index is 1.82. The number of fused-ring (bicyclic) bond motifs is 1. The molecule has 1 aliphatic carbocycles. The number of rotatable bonds is 3. The lowest BCUT2D eigenvalue weighted by molar-refractivity contribution is 0.239. The molecule has 1 aromatic carbocycles. The number of ether oxygens (including phenoxy) is 1. The van der Waals surface area contributed by atoms with E-state index in [2.05, 4.69) is 17.9 Å². The molecule has 1 heterocycles. The number of halogens is 2. The molecule has 0 aromatic heterocycles. The van der Waals surface area contributed by atoms with Crippen molar-refractivity contribution in [3.63, 3.8) is 0 Å². The van der Waals surface area contributed by atoms with Crippen molar-refractivity contribution in [1.82, 2.24) is 0 Å². The molecular formula is C19H22ClFOS. The van der Waals surface area contributed by atoms with Crippen LogP contribution in [0, 0.1) is 23.6 Å². The van der Waals surface area contributed by atoms with Crippen LogP contribution in [0.1, 0.15) is 42.7 Å². The maximum atomic E-state index is 14.5. The quantitative estimate of drug-likeness (QED) is 0.559. The molecule has 2 aliphatic rings. The van der Waals surface area contributed by atoms with Crippen molar-refractivity contribution in [3.8, 4) is 11.8 Å². The smallest absolute Gasteiger partial charge is 0.137 e. The fourth-order valence-corrected chi connectivity index (χ4v) is 5.11. The second kappa shape index (κ2) is 7.92. The highest BCUT2D eigenvalue weighted by molar-refractivity contribution is 7.99. The highest BCUT2D eigenvalue weighted by Gasteiger charge is 2.36. The molecule has 0 radical (unpaired) electrons. The molecule has 0 bridgehead atoms. The SMILES string of the molecule is COCC#CCC1C(Cl)CCC1c1cc(F)c2c(c1)CCCS2. The van der Waals surface area contributed by atoms with Gasteiger partial charge in [-0.2, -0.15) is 0 Å². The maximum Gasteiger partial charge on any atom is 0.137 e. The van der Waals surface area contributed by atoms with Gasteiger partial charge in [0.15, 0.2) is 0 Å². The zero-order chi connectivity index (χ0) is 16.2. The Morgan fingerprint density at radius 3 is 3.04 bits per heavy atom. The molecule has 0 amide bonds. The number of thioether (sulfide) groups is 1. The van der Waals surface area contributed by atoms with Gasteiger partial charge >= 0.3 is 0 Å². The van der Waals surface area contributed by atoms with Crippen LogP contribution in [0.3, 0.4) is 0 Å². The van der Waals surface area contributed by atoms with Gasteiger partial charge < -0.3 is 4.74 Å². The molecule has 3 atom stereocenters. The van der Waals surface area contributed by atoms with E-state index in [0.717, 1.165) is 48.3 Å². The summed E-state index contributed by atoms with van der Waals surface area (Å²) in [7, 11) is 1.64. The van der Waals surface area contributed by atoms with Crippen molar-refractivity contribution in [3.05, 3.63) is 29.1 Å². The van der Waals surface area contributed by atoms with E-state index in [9.17, 15) is 4.39 Å². The van der Waals surface area contributed by atoms with E-state index in [1.54, 1.807) is 24.9 Å². The molecular weight excluding hydrogens is 331 g/mol. The van der Waals surface area contributed by atoms with E-state index < -0.39 is 0 Å². The van der Waals surface area contributed by atoms with Gasteiger partial charge in [0, 0.05) is 23.8 Å². The van der Waals surface area contributed by atoms with Crippen molar-refractivity contribution in [1.29, 1.82) is 0 Å². The summed E-state index contributed by atoms with van der Waals surface area (Å²) < 4.78 is 19.4. The number of alkyl halides is 1. The van der Waals surface area contributed by atoms with Gasteiger partial charge in [-0.05, 0) is 60.5 Å². The highest BCUT2D eigenvalue weighted by Crippen LogP contribution is 2.45. The first-order valence-electron chi connectivity index (χ1n) is 8.24. The van der Waals surface area contributed by atoms with E-state index in [4.69, 9.17) is 16.3 Å². The predicted octanol–water partition coefficient (Wildman–Crippen LogP) is 5.00. The van der Waals surface area contributed by atoms with Gasteiger partial charge in [-0.3, -0.25) is 0 Å². The van der Waals surface area contributed by atoms with Crippen molar-refractivity contribution < 1.29 is 9.13 Å². The number of aryl methyl sites for hydroxylation is 1. The summed E-state index contributed by atoms with van der Waals surface area (Å²) >= 11 is 8.17. The summed E-state index contributed by atoms with van der Waals surface area (Å²) in [5, 5.41) is 0.130. The van der Waals surface area contributed by atoms with Crippen molar-refractivity contribution in [2.24, 2.45) is 5.92 Å². The molecule has 4 heteroatoms. The van der Waals surface area contributed by atoms with Crippen LogP contribution in [0.5, 0.6) is 0 Å². The normalized spacial score (nSPS) is 26.5. The monoisotopic (exact) mass is 352 g/mol. The Morgan fingerprint density at radius 1 is 1.35 bits per heavy atom. The van der Waals surface area contributed by atoms with Crippen molar-refractivity contribution >= 4 is 23.4 Å². The van der Waals surface area contributed by atoms with Gasteiger partial charge in [-0.1, -0.05) is 12.0 Å². The topological polar surface area (TPSA) is 9.23 Å². The van der Waals surface area contributed by atoms with Gasteiger partial charge in [0.1, 0.15) is 12.4 Å². The average molecular weight is 353 g/mol. The van der Waals surface area contributed by atoms with Crippen LogP contribution in [-0.4, -0.2) is 24.8 Å². The minimum absolute atomic E-state index is 0.0514. The minimum Gasteiger partial charge on any atom is -0.372 e. The molecule has 1 fully saturated rings. The van der Waals surface area contributed by atoms with Crippen LogP contribution in [-0.2, 0) is 11.2 Å². The molecule has 124 valence electrons. The summed E-state index contributed by atoms with van der Waals surface area (Å²) in [6, 6.07) is 3.96. The average Bonchev–Trinajstić information content (AvgIpc) is 2.92. The molecule has 0 spiro atoms. The van der Waals surface area contributed by atoms with Gasteiger partial charge in [-0.15, -0.1) is 29.3 Å². The lowest BCUT2D eigenvalue weighted by Gasteiger charge is -2.23. The molecule has 1 saturated carbocycles. The van der Waals surface area contributed by atoms with Crippen LogP contribution in [0.15, 0.2) is 17.0 Å². The van der Waals surface area contributed by atoms with Gasteiger partial charge in [0.2, 0.25) is 0 Å². The summed E-state index contributed by atoms with van der Waals surface area (Å²) in [6.07, 6.45) is 4.89. The zero-order valence-corrected chi connectivity index (χ0v) is 15.0. The Morgan fingerprint density at radius 2 is 2.22 bits per heavy atom. The van der Waals surface area contributed by atoms with E-state index in [-0.39, 0.29) is 11.2 Å². The number of hydrogen-bond acceptors (Lipinski definition) is 2. The Bertz CT molecular complexity index is 622. The molecule has 1 aromatic rings. The largest absolute Gasteiger partial charge is 0.372 e. The minimum atomic E-state index is -0.0514. The number of hydrogen-bond donors (Lipinski definition) is 0. The lowest BCUT2D eigenvalue weighted by Crippen LogP contribution is -2.14. The third-order valence-electron chi connectivity index (χ3n) is 4.82. The van der Waals surface area contributed by atoms with Gasteiger partial charge in [-0.25, -0.2) is 4.39 Å². The van der Waals surface area contributed by atoms with Gasteiger partial charge in [0.25, 0.3) is 0 Å². The summed E-state index contributed by atoms with van der Waals surface area (Å²) in [6.45, 7) is 0.453. The van der Waals surface area contributed by atoms with E-state index >= 15 is 0 Å². The molecule has 3 rings (SSSR count). The van der Waals surface area contributed by atoms with Crippen LogP contribution < -0.4 is 0 Å². The first-order valence-corrected chi connectivity index (χ1v) is 9.66. The van der Waals surface area contributed by atoms with Crippen molar-refractivity contribution in [2.75, 3.05) is 19.5 Å². The Labute approximate surface area is 147 Å². The van der Waals surface area contributed by atoms with Gasteiger partial charge in [0.05, 0.1) is 0 Å². The second-order valence-electron chi connectivity index (χ2n) is 6.30. The Hall–Kier alpha value is -0.690. The first kappa shape index (κ1) is 17.1. The van der Waals surface area contributed by atoms with Crippen LogP contribution in [0.2, 0.25) is 0 Å². The second-order valence-corrected chi connectivity index (χ2v) is 7.96. The molecule has 1 nitrogen and oxygen atoms in total. The maximum absolute atomic E-state index is 14.5. The highest BCUT2D eigenvalue weighted by atomic mass is 35.5. The van der Waals surface area contributed by atoms with Crippen LogP contribution in [0.4, 0.5) is 4.39 Å². The van der Waals surface area contributed by atoms with Crippen LogP contribution >= 0.6 is 23.4 Å². The lowest BCUT2D eigenvalue weighted by atomic mass is 9.85.